The van der Waals surface area contributed by atoms with Crippen LogP contribution >= 0.6 is 0 Å². The lowest BCUT2D eigenvalue weighted by atomic mass is 9.95. The summed E-state index contributed by atoms with van der Waals surface area (Å²) in [7, 11) is 3.45. The maximum absolute atomic E-state index is 5.90. The van der Waals surface area contributed by atoms with Crippen molar-refractivity contribution in [1.29, 1.82) is 0 Å². The summed E-state index contributed by atoms with van der Waals surface area (Å²) in [6.07, 6.45) is -0.0724. The summed E-state index contributed by atoms with van der Waals surface area (Å²) in [6, 6.07) is 29.0. The molecule has 0 saturated carbocycles. The molecule has 1 N–H and O–H groups in total. The minimum absolute atomic E-state index is 0.0469. The smallest absolute Gasteiger partial charge is 0.118 e. The van der Waals surface area contributed by atoms with Crippen molar-refractivity contribution in [3.63, 3.8) is 0 Å². The van der Waals surface area contributed by atoms with Crippen molar-refractivity contribution in [2.75, 3.05) is 14.2 Å². The average molecular weight is 347 g/mol. The molecular formula is C23H25NO2. The molecule has 134 valence electrons. The van der Waals surface area contributed by atoms with Crippen molar-refractivity contribution in [3.8, 4) is 5.75 Å². The molecule has 3 rings (SSSR count). The summed E-state index contributed by atoms with van der Waals surface area (Å²) in [6.45, 7) is 0.746. The Morgan fingerprint density at radius 2 is 1.31 bits per heavy atom. The van der Waals surface area contributed by atoms with Crippen LogP contribution in [0, 0.1) is 0 Å². The van der Waals surface area contributed by atoms with Crippen LogP contribution in [-0.2, 0) is 11.3 Å². The SMILES string of the molecule is COc1ccc(CN[C@@H](c2ccccc2)[C@H](OC)c2ccccc2)cc1. The lowest BCUT2D eigenvalue weighted by Gasteiger charge is -2.28. The number of rotatable bonds is 8. The fourth-order valence-corrected chi connectivity index (χ4v) is 3.14. The molecule has 0 aliphatic heterocycles. The van der Waals surface area contributed by atoms with Gasteiger partial charge in [-0.25, -0.2) is 0 Å². The Bertz CT molecular complexity index is 772. The van der Waals surface area contributed by atoms with Crippen LogP contribution in [0.5, 0.6) is 5.75 Å². The average Bonchev–Trinajstić information content (AvgIpc) is 2.73. The summed E-state index contributed by atoms with van der Waals surface area (Å²) in [5.41, 5.74) is 3.57. The Hall–Kier alpha value is -2.62. The van der Waals surface area contributed by atoms with Crippen LogP contribution in [0.15, 0.2) is 84.9 Å². The second-order valence-electron chi connectivity index (χ2n) is 6.18. The van der Waals surface area contributed by atoms with Crippen LogP contribution in [0.2, 0.25) is 0 Å². The van der Waals surface area contributed by atoms with Gasteiger partial charge in [-0.3, -0.25) is 0 Å². The van der Waals surface area contributed by atoms with E-state index in [2.05, 4.69) is 53.8 Å². The minimum Gasteiger partial charge on any atom is -0.497 e. The molecule has 0 spiro atoms. The maximum atomic E-state index is 5.90. The third-order valence-electron chi connectivity index (χ3n) is 4.53. The summed E-state index contributed by atoms with van der Waals surface area (Å²) in [5, 5.41) is 3.67. The third kappa shape index (κ3) is 4.51. The van der Waals surface area contributed by atoms with Crippen LogP contribution in [0.4, 0.5) is 0 Å². The molecule has 3 nitrogen and oxygen atoms in total. The van der Waals surface area contributed by atoms with E-state index in [1.807, 2.05) is 36.4 Å². The van der Waals surface area contributed by atoms with Gasteiger partial charge in [-0.15, -0.1) is 0 Å². The second kappa shape index (κ2) is 9.18. The molecule has 0 aliphatic carbocycles. The standard InChI is InChI=1S/C23H25NO2/c1-25-21-15-13-18(14-16-21)17-24-22(19-9-5-3-6-10-19)23(26-2)20-11-7-4-8-12-20/h3-16,22-24H,17H2,1-2H3/t22-,23+/m0/s1. The second-order valence-corrected chi connectivity index (χ2v) is 6.18. The molecular weight excluding hydrogens is 322 g/mol. The highest BCUT2D eigenvalue weighted by molar-refractivity contribution is 5.29. The Kier molecular flexibility index (Phi) is 6.42. The van der Waals surface area contributed by atoms with E-state index in [0.717, 1.165) is 17.9 Å². The molecule has 0 bridgehead atoms. The first-order chi connectivity index (χ1) is 12.8. The maximum Gasteiger partial charge on any atom is 0.118 e. The molecule has 3 aromatic carbocycles. The molecule has 0 saturated heterocycles. The number of methoxy groups -OCH3 is 2. The van der Waals surface area contributed by atoms with E-state index in [4.69, 9.17) is 9.47 Å². The minimum atomic E-state index is -0.0724. The Morgan fingerprint density at radius 1 is 0.731 bits per heavy atom. The molecule has 0 unspecified atom stereocenters. The quantitative estimate of drug-likeness (QED) is 0.628. The van der Waals surface area contributed by atoms with Crippen molar-refractivity contribution >= 4 is 0 Å². The van der Waals surface area contributed by atoms with Gasteiger partial charge < -0.3 is 14.8 Å². The molecule has 0 amide bonds. The molecule has 0 radical (unpaired) electrons. The highest BCUT2D eigenvalue weighted by atomic mass is 16.5. The van der Waals surface area contributed by atoms with E-state index in [1.54, 1.807) is 14.2 Å². The van der Waals surface area contributed by atoms with Crippen molar-refractivity contribution in [2.45, 2.75) is 18.7 Å². The van der Waals surface area contributed by atoms with Crippen molar-refractivity contribution in [2.24, 2.45) is 0 Å². The predicted octanol–water partition coefficient (Wildman–Crippen LogP) is 4.91. The van der Waals surface area contributed by atoms with Crippen LogP contribution < -0.4 is 10.1 Å². The largest absolute Gasteiger partial charge is 0.497 e. The van der Waals surface area contributed by atoms with Gasteiger partial charge in [0.2, 0.25) is 0 Å². The third-order valence-corrected chi connectivity index (χ3v) is 4.53. The summed E-state index contributed by atoms with van der Waals surface area (Å²) in [4.78, 5) is 0. The Balaban J connectivity index is 1.83. The van der Waals surface area contributed by atoms with Crippen LogP contribution in [0.3, 0.4) is 0 Å². The molecule has 3 heteroatoms. The number of ether oxygens (including phenoxy) is 2. The monoisotopic (exact) mass is 347 g/mol. The lowest BCUT2D eigenvalue weighted by molar-refractivity contribution is 0.0668. The first-order valence-corrected chi connectivity index (χ1v) is 8.81. The number of hydrogen-bond acceptors (Lipinski definition) is 3. The molecule has 3 aromatic rings. The van der Waals surface area contributed by atoms with Crippen LogP contribution in [-0.4, -0.2) is 14.2 Å². The van der Waals surface area contributed by atoms with Gasteiger partial charge in [0.1, 0.15) is 11.9 Å². The molecule has 26 heavy (non-hydrogen) atoms. The van der Waals surface area contributed by atoms with Gasteiger partial charge >= 0.3 is 0 Å². The van der Waals surface area contributed by atoms with Crippen molar-refractivity contribution in [1.82, 2.24) is 5.32 Å². The molecule has 0 aromatic heterocycles. The molecule has 0 aliphatic rings. The van der Waals surface area contributed by atoms with Gasteiger partial charge in [-0.05, 0) is 28.8 Å². The van der Waals surface area contributed by atoms with E-state index in [9.17, 15) is 0 Å². The van der Waals surface area contributed by atoms with Gasteiger partial charge in [-0.2, -0.15) is 0 Å². The van der Waals surface area contributed by atoms with Crippen molar-refractivity contribution in [3.05, 3.63) is 102 Å². The van der Waals surface area contributed by atoms with Gasteiger partial charge in [0.05, 0.1) is 13.2 Å². The van der Waals surface area contributed by atoms with Gasteiger partial charge in [-0.1, -0.05) is 72.8 Å². The number of hydrogen-bond donors (Lipinski definition) is 1. The molecule has 2 atom stereocenters. The van der Waals surface area contributed by atoms with E-state index < -0.39 is 0 Å². The normalized spacial score (nSPS) is 13.2. The van der Waals surface area contributed by atoms with Gasteiger partial charge in [0.25, 0.3) is 0 Å². The Labute approximate surface area is 155 Å². The van der Waals surface area contributed by atoms with Gasteiger partial charge in [0.15, 0.2) is 0 Å². The number of nitrogens with one attached hydrogen (secondary N) is 1. The lowest BCUT2D eigenvalue weighted by Crippen LogP contribution is -2.28. The first kappa shape index (κ1) is 18.2. The van der Waals surface area contributed by atoms with E-state index >= 15 is 0 Å². The fourth-order valence-electron chi connectivity index (χ4n) is 3.14. The van der Waals surface area contributed by atoms with Crippen LogP contribution in [0.1, 0.15) is 28.8 Å². The van der Waals surface area contributed by atoms with E-state index in [-0.39, 0.29) is 12.1 Å². The zero-order valence-corrected chi connectivity index (χ0v) is 15.3. The summed E-state index contributed by atoms with van der Waals surface area (Å²) < 4.78 is 11.1. The summed E-state index contributed by atoms with van der Waals surface area (Å²) >= 11 is 0. The van der Waals surface area contributed by atoms with Gasteiger partial charge in [0, 0.05) is 13.7 Å². The van der Waals surface area contributed by atoms with Crippen molar-refractivity contribution < 1.29 is 9.47 Å². The zero-order valence-electron chi connectivity index (χ0n) is 15.3. The highest BCUT2D eigenvalue weighted by Crippen LogP contribution is 2.32. The van der Waals surface area contributed by atoms with E-state index in [0.29, 0.717) is 0 Å². The summed E-state index contributed by atoms with van der Waals surface area (Å²) in [5.74, 6) is 0.868. The first-order valence-electron chi connectivity index (χ1n) is 8.81. The molecule has 0 heterocycles. The van der Waals surface area contributed by atoms with E-state index in [1.165, 1.54) is 11.1 Å². The molecule has 0 fully saturated rings. The predicted molar refractivity (Wildman–Crippen MR) is 105 cm³/mol. The fraction of sp³-hybridized carbons (Fsp3) is 0.217. The van der Waals surface area contributed by atoms with Crippen LogP contribution in [0.25, 0.3) is 0 Å². The zero-order chi connectivity index (χ0) is 18.2. The Morgan fingerprint density at radius 3 is 1.85 bits per heavy atom. The number of benzene rings is 3. The highest BCUT2D eigenvalue weighted by Gasteiger charge is 2.24. The topological polar surface area (TPSA) is 30.5 Å².